The van der Waals surface area contributed by atoms with Gasteiger partial charge in [0.25, 0.3) is 0 Å². The van der Waals surface area contributed by atoms with Crippen molar-refractivity contribution < 1.29 is 17.9 Å². The molecule has 0 aromatic heterocycles. The fourth-order valence-corrected chi connectivity index (χ4v) is 2.46. The van der Waals surface area contributed by atoms with E-state index in [0.29, 0.717) is 0 Å². The minimum Gasteiger partial charge on any atom is -0.366 e. The highest BCUT2D eigenvalue weighted by Crippen LogP contribution is 2.41. The largest absolute Gasteiger partial charge is 0.419 e. The molecule has 0 unspecified atom stereocenters. The predicted octanol–water partition coefficient (Wildman–Crippen LogP) is 1.00. The molecule has 0 radical (unpaired) electrons. The zero-order valence-corrected chi connectivity index (χ0v) is 9.31. The van der Waals surface area contributed by atoms with E-state index in [1.54, 1.807) is 0 Å². The Hall–Kier alpha value is -0.330. The number of nitrogens with zero attached hydrogens (tertiary/aromatic N) is 1. The maximum atomic E-state index is 12.7. The molecule has 0 amide bonds. The van der Waals surface area contributed by atoms with Crippen LogP contribution in [0.2, 0.25) is 0 Å². The van der Waals surface area contributed by atoms with Crippen molar-refractivity contribution >= 4 is 0 Å². The van der Waals surface area contributed by atoms with E-state index in [0.717, 1.165) is 33.0 Å². The number of hydrogen-bond acceptors (Lipinski definition) is 3. The number of methoxy groups -OCH3 is 1. The summed E-state index contributed by atoms with van der Waals surface area (Å²) in [6, 6.07) is 0.284. The topological polar surface area (TPSA) is 24.5 Å². The van der Waals surface area contributed by atoms with Gasteiger partial charge < -0.3 is 10.1 Å². The van der Waals surface area contributed by atoms with Gasteiger partial charge in [-0.2, -0.15) is 13.2 Å². The molecule has 2 heterocycles. The Bertz CT molecular complexity index is 245. The van der Waals surface area contributed by atoms with Gasteiger partial charge in [-0.3, -0.25) is 4.90 Å². The molecule has 0 bridgehead atoms. The van der Waals surface area contributed by atoms with Crippen LogP contribution in [-0.2, 0) is 4.74 Å². The lowest BCUT2D eigenvalue weighted by Crippen LogP contribution is -2.72. The van der Waals surface area contributed by atoms with E-state index < -0.39 is 11.8 Å². The lowest BCUT2D eigenvalue weighted by atomic mass is 9.89. The Morgan fingerprint density at radius 2 is 1.81 bits per heavy atom. The second-order valence-corrected chi connectivity index (χ2v) is 4.58. The van der Waals surface area contributed by atoms with Gasteiger partial charge >= 0.3 is 6.18 Å². The molecule has 2 aliphatic rings. The maximum absolute atomic E-state index is 12.7. The van der Waals surface area contributed by atoms with Gasteiger partial charge in [-0.25, -0.2) is 0 Å². The molecule has 6 heteroatoms. The van der Waals surface area contributed by atoms with Crippen LogP contribution in [0.1, 0.15) is 12.8 Å². The summed E-state index contributed by atoms with van der Waals surface area (Å²) in [5.74, 6) is 0. The molecular formula is C10H17F3N2O. The van der Waals surface area contributed by atoms with Gasteiger partial charge in [0.05, 0.1) is 0 Å². The lowest BCUT2D eigenvalue weighted by Gasteiger charge is -2.53. The van der Waals surface area contributed by atoms with E-state index in [9.17, 15) is 13.2 Å². The fourth-order valence-electron chi connectivity index (χ4n) is 2.46. The maximum Gasteiger partial charge on any atom is 0.419 e. The van der Waals surface area contributed by atoms with Gasteiger partial charge in [0.15, 0.2) is 5.60 Å². The summed E-state index contributed by atoms with van der Waals surface area (Å²) >= 11 is 0. The van der Waals surface area contributed by atoms with Crippen molar-refractivity contribution in [3.05, 3.63) is 0 Å². The second-order valence-electron chi connectivity index (χ2n) is 4.58. The van der Waals surface area contributed by atoms with Gasteiger partial charge in [0.2, 0.25) is 0 Å². The number of rotatable bonds is 2. The van der Waals surface area contributed by atoms with Crippen molar-refractivity contribution in [3.63, 3.8) is 0 Å². The van der Waals surface area contributed by atoms with Crippen molar-refractivity contribution in [2.75, 3.05) is 33.3 Å². The summed E-state index contributed by atoms with van der Waals surface area (Å²) in [7, 11) is 1.15. The number of halogens is 3. The van der Waals surface area contributed by atoms with E-state index in [1.165, 1.54) is 0 Å². The van der Waals surface area contributed by atoms with Crippen LogP contribution in [0.5, 0.6) is 0 Å². The molecule has 2 saturated heterocycles. The number of piperidine rings is 1. The van der Waals surface area contributed by atoms with Crippen LogP contribution in [0, 0.1) is 0 Å². The molecule has 0 aromatic rings. The first-order valence-corrected chi connectivity index (χ1v) is 5.55. The number of likely N-dealkylation sites (tertiary alicyclic amines) is 1. The minimum absolute atomic E-state index is 0.0162. The Kier molecular flexibility index (Phi) is 3.16. The van der Waals surface area contributed by atoms with E-state index in [2.05, 4.69) is 10.1 Å². The average Bonchev–Trinajstić information content (AvgIpc) is 2.16. The van der Waals surface area contributed by atoms with E-state index in [-0.39, 0.29) is 19.1 Å². The van der Waals surface area contributed by atoms with Crippen LogP contribution in [0.3, 0.4) is 0 Å². The number of nitrogens with one attached hydrogen (secondary N) is 1. The molecule has 2 rings (SSSR count). The minimum atomic E-state index is -4.26. The average molecular weight is 238 g/mol. The van der Waals surface area contributed by atoms with Crippen molar-refractivity contribution in [3.8, 4) is 0 Å². The molecule has 0 aromatic carbocycles. The quantitative estimate of drug-likeness (QED) is 0.776. The first-order chi connectivity index (χ1) is 7.48. The lowest BCUT2D eigenvalue weighted by molar-refractivity contribution is -0.315. The fraction of sp³-hybridized carbons (Fsp3) is 1.00. The first-order valence-electron chi connectivity index (χ1n) is 5.55. The third kappa shape index (κ3) is 1.94. The van der Waals surface area contributed by atoms with Crippen molar-refractivity contribution in [1.29, 1.82) is 0 Å². The molecule has 0 atom stereocenters. The molecule has 3 nitrogen and oxygen atoms in total. The van der Waals surface area contributed by atoms with Gasteiger partial charge in [-0.1, -0.05) is 0 Å². The number of ether oxygens (including phenoxy) is 1. The highest BCUT2D eigenvalue weighted by Gasteiger charge is 2.63. The Morgan fingerprint density at radius 3 is 2.25 bits per heavy atom. The third-order valence-corrected chi connectivity index (χ3v) is 3.65. The van der Waals surface area contributed by atoms with Crippen LogP contribution in [-0.4, -0.2) is 56.0 Å². The molecule has 0 aliphatic carbocycles. The molecule has 94 valence electrons. The Balaban J connectivity index is 1.91. The highest BCUT2D eigenvalue weighted by molar-refractivity contribution is 5.05. The summed E-state index contributed by atoms with van der Waals surface area (Å²) < 4.78 is 42.9. The van der Waals surface area contributed by atoms with Crippen molar-refractivity contribution in [2.45, 2.75) is 30.7 Å². The molecule has 2 fully saturated rings. The van der Waals surface area contributed by atoms with Gasteiger partial charge in [-0.15, -0.1) is 0 Å². The van der Waals surface area contributed by atoms with Crippen LogP contribution >= 0.6 is 0 Å². The van der Waals surface area contributed by atoms with E-state index in [4.69, 9.17) is 0 Å². The number of alkyl halides is 3. The molecule has 2 aliphatic heterocycles. The standard InChI is InChI=1S/C10H17F3N2O/c1-16-9(10(11,12)13)6-15(7-9)8-2-4-14-5-3-8/h8,14H,2-7H2,1H3. The molecule has 1 N–H and O–H groups in total. The van der Waals surface area contributed by atoms with Crippen molar-refractivity contribution in [1.82, 2.24) is 10.2 Å². The smallest absolute Gasteiger partial charge is 0.366 e. The van der Waals surface area contributed by atoms with Crippen LogP contribution in [0.25, 0.3) is 0 Å². The van der Waals surface area contributed by atoms with Gasteiger partial charge in [0.1, 0.15) is 0 Å². The van der Waals surface area contributed by atoms with Gasteiger partial charge in [0, 0.05) is 26.2 Å². The molecule has 0 spiro atoms. The monoisotopic (exact) mass is 238 g/mol. The molecule has 0 saturated carbocycles. The van der Waals surface area contributed by atoms with Crippen LogP contribution < -0.4 is 5.32 Å². The zero-order valence-electron chi connectivity index (χ0n) is 9.31. The summed E-state index contributed by atoms with van der Waals surface area (Å²) in [6.45, 7) is 1.76. The van der Waals surface area contributed by atoms with Gasteiger partial charge in [-0.05, 0) is 25.9 Å². The molecule has 16 heavy (non-hydrogen) atoms. The normalized spacial score (nSPS) is 27.8. The van der Waals surface area contributed by atoms with E-state index >= 15 is 0 Å². The highest BCUT2D eigenvalue weighted by atomic mass is 19.4. The first kappa shape index (κ1) is 12.1. The third-order valence-electron chi connectivity index (χ3n) is 3.65. The van der Waals surface area contributed by atoms with Crippen LogP contribution in [0.4, 0.5) is 13.2 Å². The Labute approximate surface area is 92.9 Å². The summed E-state index contributed by atoms with van der Waals surface area (Å²) in [5, 5.41) is 3.20. The summed E-state index contributed by atoms with van der Waals surface area (Å²) in [4.78, 5) is 1.89. The number of hydrogen-bond donors (Lipinski definition) is 1. The predicted molar refractivity (Wildman–Crippen MR) is 53.3 cm³/mol. The van der Waals surface area contributed by atoms with Crippen LogP contribution in [0.15, 0.2) is 0 Å². The zero-order chi connectivity index (χ0) is 11.8. The van der Waals surface area contributed by atoms with E-state index in [1.807, 2.05) is 4.90 Å². The summed E-state index contributed by atoms with van der Waals surface area (Å²) in [5.41, 5.74) is -1.92. The molecular weight excluding hydrogens is 221 g/mol. The summed E-state index contributed by atoms with van der Waals surface area (Å²) in [6.07, 6.45) is -2.40. The SMILES string of the molecule is COC1(C(F)(F)F)CN(C2CCNCC2)C1. The Morgan fingerprint density at radius 1 is 1.25 bits per heavy atom. The van der Waals surface area contributed by atoms with Crippen molar-refractivity contribution in [2.24, 2.45) is 0 Å². The second kappa shape index (κ2) is 4.16.